The van der Waals surface area contributed by atoms with Gasteiger partial charge in [0, 0.05) is 32.2 Å². The summed E-state index contributed by atoms with van der Waals surface area (Å²) in [5, 5.41) is 3.27. The molecule has 0 radical (unpaired) electrons. The monoisotopic (exact) mass is 320 g/mol. The highest BCUT2D eigenvalue weighted by Crippen LogP contribution is 2.40. The van der Waals surface area contributed by atoms with Gasteiger partial charge in [-0.1, -0.05) is 12.8 Å². The second kappa shape index (κ2) is 6.99. The normalized spacial score (nSPS) is 20.9. The Kier molecular flexibility index (Phi) is 5.52. The maximum atomic E-state index is 13.5. The molecule has 1 saturated heterocycles. The van der Waals surface area contributed by atoms with Crippen molar-refractivity contribution in [3.8, 4) is 0 Å². The van der Waals surface area contributed by atoms with E-state index in [0.717, 1.165) is 44.7 Å². The van der Waals surface area contributed by atoms with E-state index < -0.39 is 17.5 Å². The van der Waals surface area contributed by atoms with E-state index in [2.05, 4.69) is 10.2 Å². The van der Waals surface area contributed by atoms with E-state index in [4.69, 9.17) is 0 Å². The fraction of sp³-hybridized carbons (Fsp3) is 0.600. The minimum Gasteiger partial charge on any atom is -0.314 e. The number of hydrogen-bond donors (Lipinski definition) is 1. The fourth-order valence-corrected chi connectivity index (χ4v) is 2.93. The number of nitrogens with one attached hydrogen (secondary N) is 1. The van der Waals surface area contributed by atoms with Gasteiger partial charge in [0.1, 0.15) is 0 Å². The lowest BCUT2D eigenvalue weighted by Crippen LogP contribution is -2.45. The average molecular weight is 321 g/mol. The van der Waals surface area contributed by atoms with Crippen LogP contribution in [0.15, 0.2) is 12.1 Å². The van der Waals surface area contributed by atoms with Gasteiger partial charge in [-0.05, 0) is 30.0 Å². The minimum atomic E-state index is -1.38. The summed E-state index contributed by atoms with van der Waals surface area (Å²) >= 11 is 0. The van der Waals surface area contributed by atoms with E-state index >= 15 is 0 Å². The summed E-state index contributed by atoms with van der Waals surface area (Å²) in [5.74, 6) is -2.91. The van der Waals surface area contributed by atoms with Crippen LogP contribution in [0.25, 0.3) is 0 Å². The van der Waals surface area contributed by atoms with Crippen molar-refractivity contribution in [3.05, 3.63) is 35.1 Å². The van der Waals surface area contributed by atoms with Gasteiger partial charge in [-0.2, -0.15) is 0 Å². The number of nitrogens with zero attached hydrogens (tertiary/aromatic N) is 1. The van der Waals surface area contributed by atoms with Crippen LogP contribution in [0.4, 0.5) is 13.2 Å². The summed E-state index contributed by atoms with van der Waals surface area (Å²) < 4.78 is 40.1. The lowest BCUT2D eigenvalue weighted by molar-refractivity contribution is 0.159. The standard InChI is InChI=1S/C15H19F3N2.ClH/c16-12-8-11(9-13(17)15(12)18)14(7-10-1-2-10)20-5-3-19-4-6-20;/h8-10,14,19H,1-7H2;1H/t14-;/m0./s1. The molecule has 1 aliphatic carbocycles. The Balaban J connectivity index is 0.00000161. The molecule has 3 rings (SSSR count). The summed E-state index contributed by atoms with van der Waals surface area (Å²) in [6.45, 7) is 3.48. The molecule has 1 heterocycles. The van der Waals surface area contributed by atoms with Gasteiger partial charge in [-0.25, -0.2) is 13.2 Å². The Morgan fingerprint density at radius 2 is 1.67 bits per heavy atom. The van der Waals surface area contributed by atoms with Crippen LogP contribution in [0.2, 0.25) is 0 Å². The topological polar surface area (TPSA) is 15.3 Å². The highest BCUT2D eigenvalue weighted by Gasteiger charge is 2.31. The number of hydrogen-bond acceptors (Lipinski definition) is 2. The number of piperazine rings is 1. The summed E-state index contributed by atoms with van der Waals surface area (Å²) in [4.78, 5) is 2.25. The van der Waals surface area contributed by atoms with Crippen LogP contribution in [0, 0.1) is 23.4 Å². The van der Waals surface area contributed by atoms with Crippen LogP contribution >= 0.6 is 12.4 Å². The number of benzene rings is 1. The number of rotatable bonds is 4. The summed E-state index contributed by atoms with van der Waals surface area (Å²) in [7, 11) is 0. The average Bonchev–Trinajstić information content (AvgIpc) is 3.27. The van der Waals surface area contributed by atoms with Crippen molar-refractivity contribution in [2.75, 3.05) is 26.2 Å². The molecule has 0 amide bonds. The molecule has 0 unspecified atom stereocenters. The summed E-state index contributed by atoms with van der Waals surface area (Å²) in [6.07, 6.45) is 3.29. The van der Waals surface area contributed by atoms with Gasteiger partial charge in [0.25, 0.3) is 0 Å². The van der Waals surface area contributed by atoms with Gasteiger partial charge in [0.2, 0.25) is 0 Å². The third-order valence-electron chi connectivity index (χ3n) is 4.24. The molecule has 1 saturated carbocycles. The van der Waals surface area contributed by atoms with Gasteiger partial charge in [0.05, 0.1) is 0 Å². The predicted molar refractivity (Wildman–Crippen MR) is 78.1 cm³/mol. The minimum absolute atomic E-state index is 0. The van der Waals surface area contributed by atoms with E-state index in [1.54, 1.807) is 0 Å². The maximum Gasteiger partial charge on any atom is 0.194 e. The first-order chi connectivity index (χ1) is 9.65. The van der Waals surface area contributed by atoms with E-state index in [0.29, 0.717) is 11.5 Å². The molecule has 2 nitrogen and oxygen atoms in total. The summed E-state index contributed by atoms with van der Waals surface area (Å²) in [6, 6.07) is 2.32. The van der Waals surface area contributed by atoms with Crippen LogP contribution in [0.1, 0.15) is 30.9 Å². The first-order valence-electron chi connectivity index (χ1n) is 7.24. The predicted octanol–water partition coefficient (Wildman–Crippen LogP) is 3.27. The van der Waals surface area contributed by atoms with E-state index in [1.807, 2.05) is 0 Å². The quantitative estimate of drug-likeness (QED) is 0.857. The van der Waals surface area contributed by atoms with Gasteiger partial charge in [-0.3, -0.25) is 4.90 Å². The van der Waals surface area contributed by atoms with Crippen molar-refractivity contribution in [1.29, 1.82) is 0 Å². The van der Waals surface area contributed by atoms with Crippen molar-refractivity contribution in [3.63, 3.8) is 0 Å². The third kappa shape index (κ3) is 3.90. The molecule has 21 heavy (non-hydrogen) atoms. The molecule has 0 aromatic heterocycles. The molecule has 1 aromatic rings. The zero-order valence-corrected chi connectivity index (χ0v) is 12.6. The van der Waals surface area contributed by atoms with Gasteiger partial charge in [0.15, 0.2) is 17.5 Å². The highest BCUT2D eigenvalue weighted by atomic mass is 35.5. The Morgan fingerprint density at radius 3 is 2.19 bits per heavy atom. The lowest BCUT2D eigenvalue weighted by atomic mass is 9.98. The molecule has 1 N–H and O–H groups in total. The second-order valence-corrected chi connectivity index (χ2v) is 5.78. The zero-order chi connectivity index (χ0) is 14.1. The molecule has 0 bridgehead atoms. The molecule has 0 spiro atoms. The van der Waals surface area contributed by atoms with E-state index in [9.17, 15) is 13.2 Å². The molecular weight excluding hydrogens is 301 g/mol. The van der Waals surface area contributed by atoms with Crippen molar-refractivity contribution in [1.82, 2.24) is 10.2 Å². The van der Waals surface area contributed by atoms with Crippen molar-refractivity contribution >= 4 is 12.4 Å². The second-order valence-electron chi connectivity index (χ2n) is 5.78. The lowest BCUT2D eigenvalue weighted by Gasteiger charge is -2.35. The van der Waals surface area contributed by atoms with Crippen LogP contribution in [0.5, 0.6) is 0 Å². The zero-order valence-electron chi connectivity index (χ0n) is 11.7. The van der Waals surface area contributed by atoms with Gasteiger partial charge < -0.3 is 5.32 Å². The maximum absolute atomic E-state index is 13.5. The molecule has 2 aliphatic rings. The molecule has 1 aromatic carbocycles. The van der Waals surface area contributed by atoms with Crippen molar-refractivity contribution in [2.45, 2.75) is 25.3 Å². The highest BCUT2D eigenvalue weighted by molar-refractivity contribution is 5.85. The van der Waals surface area contributed by atoms with E-state index in [-0.39, 0.29) is 18.4 Å². The smallest absolute Gasteiger partial charge is 0.194 e. The van der Waals surface area contributed by atoms with Gasteiger partial charge >= 0.3 is 0 Å². The largest absolute Gasteiger partial charge is 0.314 e. The molecule has 1 atom stereocenters. The van der Waals surface area contributed by atoms with Crippen molar-refractivity contribution < 1.29 is 13.2 Å². The van der Waals surface area contributed by atoms with Crippen LogP contribution in [-0.2, 0) is 0 Å². The first kappa shape index (κ1) is 16.6. The van der Waals surface area contributed by atoms with Gasteiger partial charge in [-0.15, -0.1) is 12.4 Å². The first-order valence-corrected chi connectivity index (χ1v) is 7.24. The molecule has 2 fully saturated rings. The Hall–Kier alpha value is -0.780. The molecule has 118 valence electrons. The Morgan fingerprint density at radius 1 is 1.10 bits per heavy atom. The van der Waals surface area contributed by atoms with Crippen molar-refractivity contribution in [2.24, 2.45) is 5.92 Å². The fourth-order valence-electron chi connectivity index (χ4n) is 2.93. The van der Waals surface area contributed by atoms with Crippen LogP contribution in [0.3, 0.4) is 0 Å². The molecular formula is C15H20ClF3N2. The molecule has 1 aliphatic heterocycles. The SMILES string of the molecule is Cl.Fc1cc([C@H](CC2CC2)N2CCNCC2)cc(F)c1F. The molecule has 6 heteroatoms. The Bertz CT molecular complexity index is 465. The number of halogens is 4. The van der Waals surface area contributed by atoms with Crippen LogP contribution < -0.4 is 5.32 Å². The summed E-state index contributed by atoms with van der Waals surface area (Å²) in [5.41, 5.74) is 0.565. The van der Waals surface area contributed by atoms with Crippen LogP contribution in [-0.4, -0.2) is 31.1 Å². The Labute approximate surface area is 129 Å². The third-order valence-corrected chi connectivity index (χ3v) is 4.24. The van der Waals surface area contributed by atoms with E-state index in [1.165, 1.54) is 12.8 Å².